The highest BCUT2D eigenvalue weighted by Crippen LogP contribution is 2.22. The van der Waals surface area contributed by atoms with Crippen molar-refractivity contribution in [2.24, 2.45) is 5.73 Å². The molecule has 0 amide bonds. The summed E-state index contributed by atoms with van der Waals surface area (Å²) in [5.41, 5.74) is 7.81. The van der Waals surface area contributed by atoms with Gasteiger partial charge >= 0.3 is 30.3 Å². The van der Waals surface area contributed by atoms with Crippen molar-refractivity contribution in [3.63, 3.8) is 0 Å². The molecule has 2 aromatic carbocycles. The maximum Gasteiger partial charge on any atom is 0.490 e. The Hall–Kier alpha value is -4.83. The smallest absolute Gasteiger partial charge is 0.475 e. The fourth-order valence-corrected chi connectivity index (χ4v) is 3.66. The number of hydrogen-bond acceptors (Lipinski definition) is 7. The molecule has 1 aliphatic heterocycles. The molecule has 0 bridgehead atoms. The minimum absolute atomic E-state index is 0.0135. The van der Waals surface area contributed by atoms with Crippen molar-refractivity contribution in [3.8, 4) is 5.75 Å². The summed E-state index contributed by atoms with van der Waals surface area (Å²) in [5.74, 6) is -4.90. The Kier molecular flexibility index (Phi) is 13.6. The number of nitrogens with one attached hydrogen (secondary N) is 2. The first-order valence-corrected chi connectivity index (χ1v) is 12.7. The molecule has 44 heavy (non-hydrogen) atoms. The van der Waals surface area contributed by atoms with E-state index in [1.54, 1.807) is 24.3 Å². The SMILES string of the molecule is CCC(C(=O)Oc1ccc(C(=N)N2CCCC2)cc1)N(C)c1cccc(C(=N)N)c1.O=C(O)C(F)(F)F.O=C(O)C(F)(F)F. The van der Waals surface area contributed by atoms with Gasteiger partial charge in [0.15, 0.2) is 0 Å². The van der Waals surface area contributed by atoms with Crippen LogP contribution in [-0.2, 0) is 14.4 Å². The summed E-state index contributed by atoms with van der Waals surface area (Å²) >= 11 is 0. The minimum Gasteiger partial charge on any atom is -0.475 e. The van der Waals surface area contributed by atoms with E-state index in [4.69, 9.17) is 41.1 Å². The van der Waals surface area contributed by atoms with E-state index in [0.29, 0.717) is 23.6 Å². The van der Waals surface area contributed by atoms with Gasteiger partial charge in [-0.15, -0.1) is 0 Å². The average molecular weight is 636 g/mol. The van der Waals surface area contributed by atoms with Gasteiger partial charge in [-0.25, -0.2) is 14.4 Å². The number of nitrogen functional groups attached to an aromatic ring is 1. The van der Waals surface area contributed by atoms with E-state index in [1.165, 1.54) is 0 Å². The van der Waals surface area contributed by atoms with Gasteiger partial charge in [0.1, 0.15) is 23.5 Å². The summed E-state index contributed by atoms with van der Waals surface area (Å²) in [6, 6.07) is 13.9. The molecule has 1 saturated heterocycles. The number of esters is 1. The number of benzene rings is 2. The second kappa shape index (κ2) is 16.1. The van der Waals surface area contributed by atoms with Crippen LogP contribution >= 0.6 is 0 Å². The second-order valence-corrected chi connectivity index (χ2v) is 9.09. The van der Waals surface area contributed by atoms with Gasteiger partial charge in [0.2, 0.25) is 0 Å². The molecule has 11 nitrogen and oxygen atoms in total. The number of halogens is 6. The molecule has 0 spiro atoms. The number of likely N-dealkylation sites (N-methyl/N-ethyl adjacent to an activating group) is 1. The Balaban J connectivity index is 0.000000574. The summed E-state index contributed by atoms with van der Waals surface area (Å²) in [5, 5.41) is 30.2. The monoisotopic (exact) mass is 635 g/mol. The molecule has 0 aromatic heterocycles. The second-order valence-electron chi connectivity index (χ2n) is 9.09. The molecule has 242 valence electrons. The molecular formula is C27H31F6N5O6. The molecular weight excluding hydrogens is 604 g/mol. The zero-order valence-corrected chi connectivity index (χ0v) is 23.5. The molecule has 1 heterocycles. The third-order valence-electron chi connectivity index (χ3n) is 5.94. The van der Waals surface area contributed by atoms with Crippen molar-refractivity contribution < 1.29 is 55.7 Å². The zero-order valence-electron chi connectivity index (χ0n) is 23.5. The fourth-order valence-electron chi connectivity index (χ4n) is 3.66. The first-order chi connectivity index (χ1) is 20.3. The van der Waals surface area contributed by atoms with E-state index < -0.39 is 30.3 Å². The summed E-state index contributed by atoms with van der Waals surface area (Å²) < 4.78 is 69.1. The van der Waals surface area contributed by atoms with Gasteiger partial charge in [0.05, 0.1) is 0 Å². The van der Waals surface area contributed by atoms with Gasteiger partial charge in [-0.1, -0.05) is 19.1 Å². The quantitative estimate of drug-likeness (QED) is 0.0964. The Morgan fingerprint density at radius 2 is 1.41 bits per heavy atom. The van der Waals surface area contributed by atoms with Crippen LogP contribution in [0, 0.1) is 10.8 Å². The molecule has 17 heteroatoms. The lowest BCUT2D eigenvalue weighted by atomic mass is 10.1. The molecule has 0 radical (unpaired) electrons. The number of alkyl halides is 6. The first kappa shape index (κ1) is 37.2. The topological polar surface area (TPSA) is 181 Å². The van der Waals surface area contributed by atoms with Crippen molar-refractivity contribution in [1.82, 2.24) is 4.90 Å². The van der Waals surface area contributed by atoms with Crippen molar-refractivity contribution >= 4 is 35.3 Å². The highest BCUT2D eigenvalue weighted by atomic mass is 19.4. The van der Waals surface area contributed by atoms with Crippen molar-refractivity contribution in [1.29, 1.82) is 10.8 Å². The molecule has 1 aliphatic rings. The van der Waals surface area contributed by atoms with Crippen LogP contribution in [0.2, 0.25) is 0 Å². The minimum atomic E-state index is -5.08. The largest absolute Gasteiger partial charge is 0.490 e. The lowest BCUT2D eigenvalue weighted by Crippen LogP contribution is -2.40. The number of carboxylic acid groups (broad SMARTS) is 2. The van der Waals surface area contributed by atoms with Crippen molar-refractivity contribution in [2.45, 2.75) is 44.6 Å². The molecule has 0 aliphatic carbocycles. The van der Waals surface area contributed by atoms with Crippen LogP contribution in [0.25, 0.3) is 0 Å². The third kappa shape index (κ3) is 11.8. The first-order valence-electron chi connectivity index (χ1n) is 12.7. The molecule has 2 aromatic rings. The molecule has 0 saturated carbocycles. The van der Waals surface area contributed by atoms with Gasteiger partial charge in [-0.3, -0.25) is 10.8 Å². The van der Waals surface area contributed by atoms with E-state index in [0.717, 1.165) is 37.2 Å². The lowest BCUT2D eigenvalue weighted by Gasteiger charge is -2.28. The Morgan fingerprint density at radius 3 is 1.82 bits per heavy atom. The zero-order chi connectivity index (χ0) is 33.8. The standard InChI is InChI=1S/C23H29N5O2.2C2HF3O2/c1-3-20(27(2)18-8-6-7-17(15-18)21(24)25)23(29)30-19-11-9-16(10-12-19)22(26)28-13-4-5-14-28;2*3-2(4,5)1(6)7/h6-12,15,20,26H,3-5,13-14H2,1-2H3,(H3,24,25);2*(H,6,7). The summed E-state index contributed by atoms with van der Waals surface area (Å²) in [4.78, 5) is 34.5. The summed E-state index contributed by atoms with van der Waals surface area (Å²) in [6.07, 6.45) is -7.35. The van der Waals surface area contributed by atoms with E-state index >= 15 is 0 Å². The number of hydrogen-bond donors (Lipinski definition) is 5. The van der Waals surface area contributed by atoms with E-state index in [-0.39, 0.29) is 11.8 Å². The highest BCUT2D eigenvalue weighted by molar-refractivity contribution is 5.97. The highest BCUT2D eigenvalue weighted by Gasteiger charge is 2.38. The number of likely N-dealkylation sites (tertiary alicyclic amines) is 1. The van der Waals surface area contributed by atoms with Gasteiger partial charge in [0, 0.05) is 37.0 Å². The Morgan fingerprint density at radius 1 is 0.932 bits per heavy atom. The van der Waals surface area contributed by atoms with Gasteiger partial charge in [-0.05, 0) is 55.7 Å². The predicted molar refractivity (Wildman–Crippen MR) is 147 cm³/mol. The van der Waals surface area contributed by atoms with Crippen molar-refractivity contribution in [3.05, 3.63) is 59.7 Å². The van der Waals surface area contributed by atoms with Gasteiger partial charge in [0.25, 0.3) is 0 Å². The van der Waals surface area contributed by atoms with E-state index in [1.807, 2.05) is 43.1 Å². The van der Waals surface area contributed by atoms with E-state index in [9.17, 15) is 31.1 Å². The average Bonchev–Trinajstić information content (AvgIpc) is 3.48. The van der Waals surface area contributed by atoms with Crippen molar-refractivity contribution in [2.75, 3.05) is 25.0 Å². The summed E-state index contributed by atoms with van der Waals surface area (Å²) in [6.45, 7) is 3.77. The van der Waals surface area contributed by atoms with Crippen LogP contribution in [0.4, 0.5) is 32.0 Å². The molecule has 1 unspecified atom stereocenters. The lowest BCUT2D eigenvalue weighted by molar-refractivity contribution is -0.193. The number of amidine groups is 2. The predicted octanol–water partition coefficient (Wildman–Crippen LogP) is 4.48. The normalized spacial score (nSPS) is 13.3. The Labute approximate surface area is 247 Å². The number of ether oxygens (including phenoxy) is 1. The number of carboxylic acids is 2. The number of carbonyl (C=O) groups is 3. The molecule has 6 N–H and O–H groups in total. The maximum absolute atomic E-state index is 12.8. The summed E-state index contributed by atoms with van der Waals surface area (Å²) in [7, 11) is 1.83. The fraction of sp³-hybridized carbons (Fsp3) is 0.370. The number of nitrogens with zero attached hydrogens (tertiary/aromatic N) is 2. The van der Waals surface area contributed by atoms with Gasteiger partial charge in [-0.2, -0.15) is 26.3 Å². The third-order valence-corrected chi connectivity index (χ3v) is 5.94. The number of anilines is 1. The van der Waals surface area contributed by atoms with Crippen LogP contribution in [0.5, 0.6) is 5.75 Å². The number of rotatable bonds is 7. The van der Waals surface area contributed by atoms with Crippen LogP contribution in [0.15, 0.2) is 48.5 Å². The van der Waals surface area contributed by atoms with Crippen LogP contribution in [0.3, 0.4) is 0 Å². The molecule has 1 fully saturated rings. The number of aliphatic carboxylic acids is 2. The van der Waals surface area contributed by atoms with Crippen LogP contribution < -0.4 is 15.4 Å². The Bertz CT molecular complexity index is 1290. The maximum atomic E-state index is 12.8. The van der Waals surface area contributed by atoms with Crippen LogP contribution in [0.1, 0.15) is 37.3 Å². The van der Waals surface area contributed by atoms with E-state index in [2.05, 4.69) is 4.90 Å². The number of nitrogens with two attached hydrogens (primary N) is 1. The number of carbonyl (C=O) groups excluding carboxylic acids is 1. The van der Waals surface area contributed by atoms with Crippen LogP contribution in [-0.4, -0.2) is 83.2 Å². The molecule has 1 atom stereocenters. The van der Waals surface area contributed by atoms with Gasteiger partial charge < -0.3 is 30.5 Å². The molecule has 3 rings (SSSR count).